The highest BCUT2D eigenvalue weighted by molar-refractivity contribution is 7.22. The van der Waals surface area contributed by atoms with Crippen molar-refractivity contribution in [1.82, 2.24) is 137 Å². The number of aromatic amines is 10. The number of thiophene rings is 1. The van der Waals surface area contributed by atoms with E-state index < -0.39 is 0 Å². The Bertz CT molecular complexity index is 8160. The summed E-state index contributed by atoms with van der Waals surface area (Å²) in [4.78, 5) is 29.3. The zero-order valence-corrected chi connectivity index (χ0v) is 78.2. The van der Waals surface area contributed by atoms with Gasteiger partial charge in [-0.15, -0.1) is 11.3 Å². The van der Waals surface area contributed by atoms with Crippen molar-refractivity contribution in [2.75, 3.05) is 33.3 Å². The molecule has 10 aromatic carbocycles. The predicted octanol–water partition coefficient (Wildman–Crippen LogP) is 23.5. The van der Waals surface area contributed by atoms with Gasteiger partial charge in [0.1, 0.15) is 80.2 Å². The summed E-state index contributed by atoms with van der Waals surface area (Å²) in [5.74, 6) is 12.3. The zero-order valence-electron chi connectivity index (χ0n) is 77.4. The summed E-state index contributed by atoms with van der Waals surface area (Å²) < 4.78 is 37.8. The lowest BCUT2D eigenvalue weighted by atomic mass is 10.1. The number of hydrogen-bond acceptors (Lipinski definition) is 22. The van der Waals surface area contributed by atoms with Crippen LogP contribution in [0.3, 0.4) is 0 Å². The second kappa shape index (κ2) is 38.3. The Morgan fingerprint density at radius 1 is 0.317 bits per heavy atom. The Morgan fingerprint density at radius 2 is 0.647 bits per heavy atom. The third kappa shape index (κ3) is 19.0. The Kier molecular flexibility index (Phi) is 24.2. The van der Waals surface area contributed by atoms with Gasteiger partial charge in [-0.2, -0.15) is 51.0 Å². The SMILES string of the molecule is CC(C)Cc1nc(-c2ccc3[nH]nc(-c4cc5ccccc5o4)c3c2)n[nH]1.CC(C)Cc1nc(-c2ccc3[nH]nc(-c4cc5ccccc5s4)c3c2)n[nH]1.CC(C)Cc1nc(-c2ccc3[nH]nc(-c4ccc(F)cc4)c3c2)n[nH]1.COc1ccc2oc(-c3n[nH]c4ccc(-c5n[nH]c(CN6CCCC6)n5)cc34)cc2c1.c1ccc2oc(-c3n[nH]c4ccc(-c5n[nH]c(CN6CCCC6)n5)cc34)cc2c1. The van der Waals surface area contributed by atoms with Crippen LogP contribution in [0.4, 0.5) is 4.39 Å². The van der Waals surface area contributed by atoms with Gasteiger partial charge >= 0.3 is 0 Å². The standard InChI is InChI=1S/C23H22N6O2.C22H20N6O.C21H19N5O.C21H19N5S.C19H18FN5/c1-30-16-5-7-19-15(10-16)12-20(31-19)22-17-11-14(4-6-18(17)25-27-22)23-24-21(26-28-23)13-29-8-2-3-9-29;1-2-6-18-14(5-1)12-19(29-18)21-16-11-15(7-8-17(16)24-26-21)22-23-20(25-27-22)13-28-9-3-4-10-28;2*1-12(2)9-19-22-21(26-24-19)14-7-8-16-15(10-14)20(25-23-16)18-11-13-5-3-4-6-17(13)27-18;1-11(2)9-17-21-19(25-23-17)13-5-8-16-15(10-13)18(24-22-16)12-3-6-14(20)7-4-12/h4-7,10-12H,2-3,8-9,13H2,1H3,(H,25,27)(H,24,26,28);1-2,5-8,11-12H,3-4,9-10,13H2,(H,24,26)(H,23,25,27);2*3-8,10-12H,9H2,1-2H3,(H,23,25)(H,22,24,26);3-8,10-11H,9H2,1-2H3,(H,22,24)(H,21,23,25). The Balaban J connectivity index is 0.000000100. The van der Waals surface area contributed by atoms with E-state index in [0.717, 1.165) is 265 Å². The van der Waals surface area contributed by atoms with Crippen LogP contribution in [0.15, 0.2) is 244 Å². The summed E-state index contributed by atoms with van der Waals surface area (Å²) in [7, 11) is 1.66. The second-order valence-electron chi connectivity index (χ2n) is 36.4. The van der Waals surface area contributed by atoms with Crippen molar-refractivity contribution >= 4 is 109 Å². The van der Waals surface area contributed by atoms with Gasteiger partial charge in [0.2, 0.25) is 0 Å². The van der Waals surface area contributed by atoms with Crippen molar-refractivity contribution in [3.05, 3.63) is 265 Å². The lowest BCUT2D eigenvalue weighted by molar-refractivity contribution is 0.323. The van der Waals surface area contributed by atoms with E-state index in [9.17, 15) is 4.39 Å². The molecule has 16 heterocycles. The maximum atomic E-state index is 13.2. The molecule has 0 aliphatic carbocycles. The maximum absolute atomic E-state index is 13.2. The molecule has 14 aromatic heterocycles. The summed E-state index contributed by atoms with van der Waals surface area (Å²) >= 11 is 1.76. The molecule has 33 heteroatoms. The van der Waals surface area contributed by atoms with E-state index in [2.05, 4.69) is 223 Å². The fourth-order valence-electron chi connectivity index (χ4n) is 17.9. The first-order valence-corrected chi connectivity index (χ1v) is 47.6. The predicted molar refractivity (Wildman–Crippen MR) is 540 cm³/mol. The molecule has 2 aliphatic heterocycles. The fourth-order valence-corrected chi connectivity index (χ4v) is 19.0. The van der Waals surface area contributed by atoms with Gasteiger partial charge in [-0.3, -0.25) is 60.8 Å². The third-order valence-electron chi connectivity index (χ3n) is 24.8. The number of nitrogens with one attached hydrogen (secondary N) is 10. The minimum absolute atomic E-state index is 0.261. The van der Waals surface area contributed by atoms with Crippen LogP contribution in [0.2, 0.25) is 0 Å². The van der Waals surface area contributed by atoms with Crippen molar-refractivity contribution in [3.63, 3.8) is 0 Å². The summed E-state index contributed by atoms with van der Waals surface area (Å²) in [6, 6.07) is 75.1. The molecule has 0 saturated carbocycles. The van der Waals surface area contributed by atoms with Crippen molar-refractivity contribution in [2.24, 2.45) is 17.8 Å². The third-order valence-corrected chi connectivity index (χ3v) is 25.9. The number of rotatable bonds is 21. The molecule has 0 amide bonds. The first-order valence-electron chi connectivity index (χ1n) is 46.8. The van der Waals surface area contributed by atoms with E-state index >= 15 is 0 Å². The van der Waals surface area contributed by atoms with Crippen molar-refractivity contribution in [3.8, 4) is 119 Å². The molecule has 0 unspecified atom stereocenters. The molecule has 24 aromatic rings. The molecule has 0 bridgehead atoms. The normalized spacial score (nSPS) is 13.1. The highest BCUT2D eigenvalue weighted by atomic mass is 32.1. The van der Waals surface area contributed by atoms with E-state index in [1.54, 1.807) is 30.6 Å². The van der Waals surface area contributed by atoms with Gasteiger partial charge in [-0.25, -0.2) is 29.3 Å². The highest BCUT2D eigenvalue weighted by Crippen LogP contribution is 2.42. The molecular weight excluding hydrogens is 1770 g/mol. The number of methoxy groups -OCH3 is 1. The van der Waals surface area contributed by atoms with Gasteiger partial charge < -0.3 is 18.0 Å². The number of para-hydroxylation sites is 2. The Morgan fingerprint density at radius 3 is 1.04 bits per heavy atom. The molecule has 26 rings (SSSR count). The summed E-state index contributed by atoms with van der Waals surface area (Å²) in [5, 5.41) is 84.5. The molecule has 31 nitrogen and oxygen atoms in total. The number of ether oxygens (including phenoxy) is 1. The first-order chi connectivity index (χ1) is 68.0. The zero-order chi connectivity index (χ0) is 94.1. The summed E-state index contributed by atoms with van der Waals surface area (Å²) in [6.45, 7) is 19.2. The summed E-state index contributed by atoms with van der Waals surface area (Å²) in [6.07, 6.45) is 7.69. The van der Waals surface area contributed by atoms with Crippen LogP contribution in [0.25, 0.3) is 211 Å². The van der Waals surface area contributed by atoms with Crippen LogP contribution >= 0.6 is 11.3 Å². The number of furan rings is 3. The molecule has 2 fully saturated rings. The first kappa shape index (κ1) is 87.8. The molecule has 10 N–H and O–H groups in total. The number of benzene rings is 10. The van der Waals surface area contributed by atoms with E-state index in [4.69, 9.17) is 28.0 Å². The van der Waals surface area contributed by atoms with Crippen molar-refractivity contribution in [1.29, 1.82) is 0 Å². The van der Waals surface area contributed by atoms with Crippen molar-refractivity contribution < 1.29 is 22.4 Å². The van der Waals surface area contributed by atoms with Crippen LogP contribution in [0.5, 0.6) is 5.75 Å². The largest absolute Gasteiger partial charge is 0.497 e. The highest BCUT2D eigenvalue weighted by Gasteiger charge is 2.25. The number of H-pyrrole nitrogens is 10. The molecule has 2 saturated heterocycles. The molecule has 2 aliphatic rings. The minimum atomic E-state index is -0.261. The number of aromatic nitrogens is 25. The van der Waals surface area contributed by atoms with Crippen LogP contribution < -0.4 is 4.74 Å². The van der Waals surface area contributed by atoms with Gasteiger partial charge in [-0.05, 0) is 251 Å². The topological polar surface area (TPSA) is 406 Å². The molecule has 694 valence electrons. The fraction of sp³-hybridized carbons (Fsp3) is 0.217. The quantitative estimate of drug-likeness (QED) is 0.0319. The lowest BCUT2D eigenvalue weighted by Crippen LogP contribution is -2.19. The molecule has 0 atom stereocenters. The van der Waals surface area contributed by atoms with Crippen LogP contribution in [-0.4, -0.2) is 170 Å². The van der Waals surface area contributed by atoms with E-state index in [-0.39, 0.29) is 5.82 Å². The van der Waals surface area contributed by atoms with Crippen LogP contribution in [-0.2, 0) is 32.4 Å². The van der Waals surface area contributed by atoms with Gasteiger partial charge in [0.25, 0.3) is 0 Å². The molecule has 0 spiro atoms. The van der Waals surface area contributed by atoms with Gasteiger partial charge in [0.15, 0.2) is 46.4 Å². The monoisotopic (exact) mass is 1860 g/mol. The van der Waals surface area contributed by atoms with Crippen molar-refractivity contribution in [2.45, 2.75) is 99.6 Å². The van der Waals surface area contributed by atoms with E-state index in [1.807, 2.05) is 152 Å². The van der Waals surface area contributed by atoms with E-state index in [0.29, 0.717) is 46.8 Å². The Hall–Kier alpha value is -16.5. The Labute approximate surface area is 798 Å². The number of nitrogens with zero attached hydrogens (tertiary/aromatic N) is 17. The maximum Gasteiger partial charge on any atom is 0.181 e. The molecular formula is C106H98FN27O4S. The second-order valence-corrected chi connectivity index (χ2v) is 37.5. The number of likely N-dealkylation sites (tertiary alicyclic amines) is 2. The van der Waals surface area contributed by atoms with E-state index in [1.165, 1.54) is 47.9 Å². The molecule has 0 radical (unpaired) electrons. The van der Waals surface area contributed by atoms with Crippen LogP contribution in [0.1, 0.15) is 96.3 Å². The average molecular weight is 1870 g/mol. The van der Waals surface area contributed by atoms with Gasteiger partial charge in [0, 0.05) is 100 Å². The van der Waals surface area contributed by atoms with Gasteiger partial charge in [-0.1, -0.05) is 96.1 Å². The van der Waals surface area contributed by atoms with Gasteiger partial charge in [0.05, 0.1) is 58.4 Å². The lowest BCUT2D eigenvalue weighted by Gasteiger charge is -2.11. The van der Waals surface area contributed by atoms with Crippen LogP contribution in [0, 0.1) is 23.6 Å². The number of hydrogen-bond donors (Lipinski definition) is 10. The smallest absolute Gasteiger partial charge is 0.181 e. The summed E-state index contributed by atoms with van der Waals surface area (Å²) in [5.41, 5.74) is 17.0. The number of halogens is 1. The number of fused-ring (bicyclic) bond motifs is 9. The minimum Gasteiger partial charge on any atom is -0.497 e. The average Bonchev–Trinajstić information content (AvgIpc) is 1.63. The molecule has 139 heavy (non-hydrogen) atoms.